The van der Waals surface area contributed by atoms with Crippen LogP contribution in [0, 0.1) is 0 Å². The molecule has 0 aromatic carbocycles. The van der Waals surface area contributed by atoms with Crippen LogP contribution in [0.4, 0.5) is 5.82 Å². The first-order valence-corrected chi connectivity index (χ1v) is 7.11. The molecule has 0 spiro atoms. The third-order valence-corrected chi connectivity index (χ3v) is 4.16. The second kappa shape index (κ2) is 5.88. The highest BCUT2D eigenvalue weighted by Crippen LogP contribution is 2.30. The van der Waals surface area contributed by atoms with Gasteiger partial charge in [0.1, 0.15) is 5.82 Å². The molecule has 0 saturated heterocycles. The van der Waals surface area contributed by atoms with Crippen molar-refractivity contribution in [3.05, 3.63) is 23.9 Å². The van der Waals surface area contributed by atoms with Crippen LogP contribution >= 0.6 is 0 Å². The highest BCUT2D eigenvalue weighted by Gasteiger charge is 2.32. The Bertz CT molecular complexity index is 398. The first-order valence-electron chi connectivity index (χ1n) is 7.11. The van der Waals surface area contributed by atoms with E-state index >= 15 is 0 Å². The molecular weight excluding hydrogens is 238 g/mol. The van der Waals surface area contributed by atoms with Gasteiger partial charge in [-0.1, -0.05) is 18.9 Å². The first-order chi connectivity index (χ1) is 9.04. The van der Waals surface area contributed by atoms with Gasteiger partial charge < -0.3 is 15.3 Å². The zero-order valence-corrected chi connectivity index (χ0v) is 12.2. The van der Waals surface area contributed by atoms with E-state index in [-0.39, 0.29) is 0 Å². The number of hydrogen-bond donors (Lipinski definition) is 2. The highest BCUT2D eigenvalue weighted by atomic mass is 16.3. The Balaban J connectivity index is 2.01. The van der Waals surface area contributed by atoms with Gasteiger partial charge in [-0.25, -0.2) is 4.98 Å². The standard InChI is InChI=1S/C15H25N3O/c1-12(16-2)13-6-7-14(17-10-13)18(3)11-15(19)8-4-5-9-15/h6-7,10,12,16,19H,4-5,8-9,11H2,1-3H3. The summed E-state index contributed by atoms with van der Waals surface area (Å²) >= 11 is 0. The number of anilines is 1. The number of nitrogens with zero attached hydrogens (tertiary/aromatic N) is 2. The van der Waals surface area contributed by atoms with Gasteiger partial charge in [0.2, 0.25) is 0 Å². The van der Waals surface area contributed by atoms with Gasteiger partial charge in [-0.2, -0.15) is 0 Å². The lowest BCUT2D eigenvalue weighted by atomic mass is 10.0. The quantitative estimate of drug-likeness (QED) is 0.854. The Kier molecular flexibility index (Phi) is 4.42. The minimum atomic E-state index is -0.520. The fourth-order valence-corrected chi connectivity index (χ4v) is 2.76. The van der Waals surface area contributed by atoms with Gasteiger partial charge in [0.15, 0.2) is 0 Å². The van der Waals surface area contributed by atoms with E-state index in [1.165, 1.54) is 5.56 Å². The van der Waals surface area contributed by atoms with Crippen molar-refractivity contribution in [1.82, 2.24) is 10.3 Å². The third kappa shape index (κ3) is 3.45. The maximum absolute atomic E-state index is 10.4. The predicted octanol–water partition coefficient (Wildman–Crippen LogP) is 2.10. The van der Waals surface area contributed by atoms with Crippen LogP contribution in [0.5, 0.6) is 0 Å². The summed E-state index contributed by atoms with van der Waals surface area (Å²) in [7, 11) is 3.94. The maximum Gasteiger partial charge on any atom is 0.128 e. The van der Waals surface area contributed by atoms with E-state index in [4.69, 9.17) is 0 Å². The van der Waals surface area contributed by atoms with Crippen molar-refractivity contribution >= 4 is 5.82 Å². The van der Waals surface area contributed by atoms with Crippen LogP contribution < -0.4 is 10.2 Å². The monoisotopic (exact) mass is 263 g/mol. The van der Waals surface area contributed by atoms with Crippen molar-refractivity contribution in [2.75, 3.05) is 25.5 Å². The molecule has 1 aliphatic carbocycles. The summed E-state index contributed by atoms with van der Waals surface area (Å²) in [6.07, 6.45) is 6.00. The molecule has 1 atom stereocenters. The van der Waals surface area contributed by atoms with Gasteiger partial charge >= 0.3 is 0 Å². The summed E-state index contributed by atoms with van der Waals surface area (Å²) in [6, 6.07) is 4.44. The SMILES string of the molecule is CNC(C)c1ccc(N(C)CC2(O)CCCC2)nc1. The minimum Gasteiger partial charge on any atom is -0.388 e. The number of nitrogens with one attached hydrogen (secondary N) is 1. The van der Waals surface area contributed by atoms with E-state index in [9.17, 15) is 5.11 Å². The molecular formula is C15H25N3O. The molecule has 4 heteroatoms. The summed E-state index contributed by atoms with van der Waals surface area (Å²) in [4.78, 5) is 6.55. The molecule has 0 aliphatic heterocycles. The molecule has 4 nitrogen and oxygen atoms in total. The number of likely N-dealkylation sites (N-methyl/N-ethyl adjacent to an activating group) is 1. The Hall–Kier alpha value is -1.13. The molecule has 2 rings (SSSR count). The number of pyridine rings is 1. The van der Waals surface area contributed by atoms with Crippen LogP contribution in [0.2, 0.25) is 0 Å². The maximum atomic E-state index is 10.4. The number of rotatable bonds is 5. The van der Waals surface area contributed by atoms with Crippen LogP contribution in [-0.4, -0.2) is 36.3 Å². The van der Waals surface area contributed by atoms with Crippen LogP contribution in [0.15, 0.2) is 18.3 Å². The Labute approximate surface area is 115 Å². The molecule has 0 amide bonds. The first kappa shape index (κ1) is 14.3. The highest BCUT2D eigenvalue weighted by molar-refractivity contribution is 5.39. The van der Waals surface area contributed by atoms with Gasteiger partial charge in [-0.3, -0.25) is 0 Å². The molecule has 1 saturated carbocycles. The molecule has 2 N–H and O–H groups in total. The smallest absolute Gasteiger partial charge is 0.128 e. The molecule has 1 heterocycles. The van der Waals surface area contributed by atoms with Gasteiger partial charge in [0.05, 0.1) is 5.60 Å². The summed E-state index contributed by atoms with van der Waals surface area (Å²) < 4.78 is 0. The normalized spacial score (nSPS) is 19.4. The van der Waals surface area contributed by atoms with Gasteiger partial charge in [-0.05, 0) is 38.4 Å². The van der Waals surface area contributed by atoms with E-state index in [2.05, 4.69) is 28.2 Å². The molecule has 1 aromatic heterocycles. The molecule has 106 valence electrons. The molecule has 1 unspecified atom stereocenters. The Morgan fingerprint density at radius 2 is 2.11 bits per heavy atom. The van der Waals surface area contributed by atoms with Crippen molar-refractivity contribution in [2.24, 2.45) is 0 Å². The molecule has 1 fully saturated rings. The van der Waals surface area contributed by atoms with Crippen molar-refractivity contribution in [3.63, 3.8) is 0 Å². The topological polar surface area (TPSA) is 48.4 Å². The largest absolute Gasteiger partial charge is 0.388 e. The van der Waals surface area contributed by atoms with E-state index in [0.717, 1.165) is 31.5 Å². The molecule has 0 radical (unpaired) electrons. The number of aromatic nitrogens is 1. The summed E-state index contributed by atoms with van der Waals surface area (Å²) in [5.74, 6) is 0.923. The van der Waals surface area contributed by atoms with Crippen molar-refractivity contribution in [3.8, 4) is 0 Å². The number of aliphatic hydroxyl groups is 1. The van der Waals surface area contributed by atoms with Crippen molar-refractivity contribution in [2.45, 2.75) is 44.2 Å². The van der Waals surface area contributed by atoms with Gasteiger partial charge in [0, 0.05) is 25.8 Å². The third-order valence-electron chi connectivity index (χ3n) is 4.16. The van der Waals surface area contributed by atoms with Gasteiger partial charge in [0.25, 0.3) is 0 Å². The number of hydrogen-bond acceptors (Lipinski definition) is 4. The second-order valence-corrected chi connectivity index (χ2v) is 5.75. The van der Waals surface area contributed by atoms with Crippen molar-refractivity contribution in [1.29, 1.82) is 0 Å². The van der Waals surface area contributed by atoms with Crippen LogP contribution in [0.25, 0.3) is 0 Å². The lowest BCUT2D eigenvalue weighted by molar-refractivity contribution is 0.0558. The summed E-state index contributed by atoms with van der Waals surface area (Å²) in [5, 5.41) is 13.6. The molecule has 1 aromatic rings. The summed E-state index contributed by atoms with van der Waals surface area (Å²) in [6.45, 7) is 2.78. The molecule has 19 heavy (non-hydrogen) atoms. The van der Waals surface area contributed by atoms with Crippen LogP contribution in [0.1, 0.15) is 44.2 Å². The zero-order chi connectivity index (χ0) is 13.9. The second-order valence-electron chi connectivity index (χ2n) is 5.75. The lowest BCUT2D eigenvalue weighted by Crippen LogP contribution is -2.39. The van der Waals surface area contributed by atoms with Crippen molar-refractivity contribution < 1.29 is 5.11 Å². The van der Waals surface area contributed by atoms with Crippen LogP contribution in [0.3, 0.4) is 0 Å². The average molecular weight is 263 g/mol. The summed E-state index contributed by atoms with van der Waals surface area (Å²) in [5.41, 5.74) is 0.659. The van der Waals surface area contributed by atoms with E-state index < -0.39 is 5.60 Å². The zero-order valence-electron chi connectivity index (χ0n) is 12.2. The van der Waals surface area contributed by atoms with E-state index in [1.807, 2.05) is 26.4 Å². The Morgan fingerprint density at radius 3 is 2.63 bits per heavy atom. The minimum absolute atomic E-state index is 0.311. The van der Waals surface area contributed by atoms with Gasteiger partial charge in [-0.15, -0.1) is 0 Å². The molecule has 0 bridgehead atoms. The van der Waals surface area contributed by atoms with E-state index in [1.54, 1.807) is 0 Å². The molecule has 1 aliphatic rings. The fourth-order valence-electron chi connectivity index (χ4n) is 2.76. The predicted molar refractivity (Wildman–Crippen MR) is 78.4 cm³/mol. The average Bonchev–Trinajstić information content (AvgIpc) is 2.84. The van der Waals surface area contributed by atoms with E-state index in [0.29, 0.717) is 12.6 Å². The fraction of sp³-hybridized carbons (Fsp3) is 0.667. The lowest BCUT2D eigenvalue weighted by Gasteiger charge is -2.29. The van der Waals surface area contributed by atoms with Crippen LogP contribution in [-0.2, 0) is 0 Å². The Morgan fingerprint density at radius 1 is 1.42 bits per heavy atom.